The maximum Gasteiger partial charge on any atom is 0.460 e. The number of ether oxygens (including phenoxy) is 1. The van der Waals surface area contributed by atoms with Crippen LogP contribution in [-0.2, 0) is 9.53 Å². The highest BCUT2D eigenvalue weighted by atomic mass is 19.4. The van der Waals surface area contributed by atoms with Crippen LogP contribution >= 0.6 is 0 Å². The molecule has 0 aromatic heterocycles. The Bertz CT molecular complexity index is 786. The Kier molecular flexibility index (Phi) is 7.46. The van der Waals surface area contributed by atoms with E-state index in [0.29, 0.717) is 0 Å². The van der Waals surface area contributed by atoms with Crippen molar-refractivity contribution in [3.05, 3.63) is 12.2 Å². The lowest BCUT2D eigenvalue weighted by Crippen LogP contribution is -2.80. The quantitative estimate of drug-likeness (QED) is 0.199. The van der Waals surface area contributed by atoms with E-state index in [2.05, 4.69) is 11.3 Å². The van der Waals surface area contributed by atoms with Crippen molar-refractivity contribution in [2.75, 3.05) is 0 Å². The fourth-order valence-corrected chi connectivity index (χ4v) is 1.87. The van der Waals surface area contributed by atoms with Crippen LogP contribution in [0, 0.1) is 0 Å². The number of hydrogen-bond acceptors (Lipinski definition) is 2. The van der Waals surface area contributed by atoms with Gasteiger partial charge in [0.05, 0.1) is 0 Å². The summed E-state index contributed by atoms with van der Waals surface area (Å²) in [6.45, 7) is 2.28. The number of halogens is 19. The van der Waals surface area contributed by atoms with Crippen LogP contribution in [-0.4, -0.2) is 59.7 Å². The molecular formula is C13H5F19O2. The molecule has 0 aromatic rings. The Morgan fingerprint density at radius 1 is 0.529 bits per heavy atom. The lowest BCUT2D eigenvalue weighted by atomic mass is 9.83. The Balaban J connectivity index is 7.70. The van der Waals surface area contributed by atoms with Crippen molar-refractivity contribution in [3.63, 3.8) is 0 Å². The van der Waals surface area contributed by atoms with E-state index in [1.165, 1.54) is 0 Å². The highest BCUT2D eigenvalue weighted by molar-refractivity contribution is 5.87. The zero-order valence-corrected chi connectivity index (χ0v) is 15.2. The third-order valence-electron chi connectivity index (χ3n) is 3.75. The Hall–Kier alpha value is -2.12. The predicted octanol–water partition coefficient (Wildman–Crippen LogP) is 6.71. The van der Waals surface area contributed by atoms with Crippen LogP contribution in [0.1, 0.15) is 6.92 Å². The average Bonchev–Trinajstić information content (AvgIpc) is 2.56. The summed E-state index contributed by atoms with van der Waals surface area (Å²) >= 11 is 0. The van der Waals surface area contributed by atoms with Crippen LogP contribution in [0.4, 0.5) is 83.4 Å². The molecular weight excluding hydrogens is 549 g/mol. The number of alkyl halides is 19. The topological polar surface area (TPSA) is 26.3 Å². The van der Waals surface area contributed by atoms with Gasteiger partial charge in [-0.25, -0.2) is 9.18 Å². The first-order valence-electron chi connectivity index (χ1n) is 7.31. The van der Waals surface area contributed by atoms with E-state index in [1.54, 1.807) is 0 Å². The smallest absolute Gasteiger partial charge is 0.415 e. The van der Waals surface area contributed by atoms with Crippen LogP contribution in [0.3, 0.4) is 0 Å². The van der Waals surface area contributed by atoms with Crippen molar-refractivity contribution in [2.45, 2.75) is 60.7 Å². The summed E-state index contributed by atoms with van der Waals surface area (Å²) in [5, 5.41) is 0. The maximum atomic E-state index is 14.5. The third kappa shape index (κ3) is 4.01. The zero-order chi connectivity index (χ0) is 28.4. The van der Waals surface area contributed by atoms with Gasteiger partial charge in [-0.1, -0.05) is 6.58 Å². The van der Waals surface area contributed by atoms with Crippen LogP contribution in [0.5, 0.6) is 0 Å². The Morgan fingerprint density at radius 3 is 1.06 bits per heavy atom. The molecule has 202 valence electrons. The molecule has 0 aliphatic rings. The van der Waals surface area contributed by atoms with Gasteiger partial charge in [0.2, 0.25) is 0 Å². The van der Waals surface area contributed by atoms with Gasteiger partial charge in [-0.05, 0) is 6.92 Å². The van der Waals surface area contributed by atoms with Crippen molar-refractivity contribution in [2.24, 2.45) is 0 Å². The first-order chi connectivity index (χ1) is 14.3. The summed E-state index contributed by atoms with van der Waals surface area (Å²) in [6, 6.07) is 0. The highest BCUT2D eigenvalue weighted by Crippen LogP contribution is 2.66. The standard InChI is InChI=1S/C13H5F19O2/c1-3(2)4(33)34-10(23,5(14,11(24,25)26)12(27,28)29)8(19,20)6(15,16)7(17,18)9(21,22)13(30,31)32/h1H2,2H3. The fourth-order valence-electron chi connectivity index (χ4n) is 1.87. The summed E-state index contributed by atoms with van der Waals surface area (Å²) in [4.78, 5) is 11.1. The molecule has 2 nitrogen and oxygen atoms in total. The molecule has 1 atom stereocenters. The minimum Gasteiger partial charge on any atom is -0.415 e. The second-order valence-electron chi connectivity index (χ2n) is 6.21. The Labute approximate surface area is 173 Å². The van der Waals surface area contributed by atoms with Crippen molar-refractivity contribution < 1.29 is 92.9 Å². The van der Waals surface area contributed by atoms with E-state index in [9.17, 15) is 88.2 Å². The van der Waals surface area contributed by atoms with Gasteiger partial charge < -0.3 is 4.74 Å². The molecule has 0 fully saturated rings. The number of carbonyl (C=O) groups excluding carboxylic acids is 1. The monoisotopic (exact) mass is 554 g/mol. The van der Waals surface area contributed by atoms with Gasteiger partial charge >= 0.3 is 59.7 Å². The first-order valence-corrected chi connectivity index (χ1v) is 7.31. The molecule has 0 rings (SSSR count). The minimum absolute atomic E-state index is 0.0482. The van der Waals surface area contributed by atoms with Crippen LogP contribution < -0.4 is 0 Å². The molecule has 0 amide bonds. The van der Waals surface area contributed by atoms with Crippen molar-refractivity contribution >= 4 is 5.97 Å². The molecule has 0 heterocycles. The van der Waals surface area contributed by atoms with Crippen molar-refractivity contribution in [1.82, 2.24) is 0 Å². The van der Waals surface area contributed by atoms with E-state index in [1.807, 2.05) is 0 Å². The molecule has 0 saturated heterocycles. The molecule has 1 unspecified atom stereocenters. The van der Waals surface area contributed by atoms with Crippen molar-refractivity contribution in [1.29, 1.82) is 0 Å². The third-order valence-corrected chi connectivity index (χ3v) is 3.75. The lowest BCUT2D eigenvalue weighted by Gasteiger charge is -2.47. The van der Waals surface area contributed by atoms with Gasteiger partial charge in [-0.2, -0.15) is 79.0 Å². The molecule has 0 aromatic carbocycles. The summed E-state index contributed by atoms with van der Waals surface area (Å²) in [7, 11) is 0. The van der Waals surface area contributed by atoms with E-state index < -0.39 is 65.3 Å². The molecule has 0 aliphatic heterocycles. The fraction of sp³-hybridized carbons (Fsp3) is 0.769. The molecule has 0 spiro atoms. The van der Waals surface area contributed by atoms with E-state index in [4.69, 9.17) is 0 Å². The number of rotatable bonds is 7. The van der Waals surface area contributed by atoms with Crippen molar-refractivity contribution in [3.8, 4) is 0 Å². The summed E-state index contributed by atoms with van der Waals surface area (Å²) in [5.74, 6) is -47.0. The maximum absolute atomic E-state index is 14.5. The molecule has 0 radical (unpaired) electrons. The zero-order valence-electron chi connectivity index (χ0n) is 15.2. The minimum atomic E-state index is -8.98. The van der Waals surface area contributed by atoms with Gasteiger partial charge in [-0.15, -0.1) is 0 Å². The lowest BCUT2D eigenvalue weighted by molar-refractivity contribution is -0.488. The second-order valence-corrected chi connectivity index (χ2v) is 6.21. The van der Waals surface area contributed by atoms with Gasteiger partial charge in [0, 0.05) is 5.57 Å². The second kappa shape index (κ2) is 7.95. The van der Waals surface area contributed by atoms with Crippen LogP contribution in [0.15, 0.2) is 12.2 Å². The van der Waals surface area contributed by atoms with E-state index in [0.717, 1.165) is 0 Å². The highest BCUT2D eigenvalue weighted by Gasteiger charge is 2.99. The molecule has 0 bridgehead atoms. The SMILES string of the molecule is C=C(C)C(=O)OC(F)(C(F)(F)C(F)(F)C(F)(F)C(F)(F)C(F)(F)F)C(F)(C(F)(F)F)C(F)(F)F. The number of hydrogen-bond donors (Lipinski definition) is 0. The van der Waals surface area contributed by atoms with Crippen LogP contribution in [0.2, 0.25) is 0 Å². The van der Waals surface area contributed by atoms with E-state index in [-0.39, 0.29) is 6.92 Å². The number of carbonyl (C=O) groups is 1. The molecule has 21 heteroatoms. The van der Waals surface area contributed by atoms with Gasteiger partial charge in [-0.3, -0.25) is 0 Å². The van der Waals surface area contributed by atoms with Gasteiger partial charge in [0.25, 0.3) is 0 Å². The number of esters is 1. The largest absolute Gasteiger partial charge is 0.460 e. The van der Waals surface area contributed by atoms with E-state index >= 15 is 0 Å². The molecule has 34 heavy (non-hydrogen) atoms. The predicted molar refractivity (Wildman–Crippen MR) is 66.5 cm³/mol. The van der Waals surface area contributed by atoms with Gasteiger partial charge in [0.1, 0.15) is 0 Å². The van der Waals surface area contributed by atoms with Gasteiger partial charge in [0.15, 0.2) is 0 Å². The Morgan fingerprint density at radius 2 is 0.824 bits per heavy atom. The normalized spacial score (nSPS) is 17.3. The summed E-state index contributed by atoms with van der Waals surface area (Å²) in [6.07, 6.45) is -24.5. The molecule has 0 N–H and O–H groups in total. The average molecular weight is 554 g/mol. The summed E-state index contributed by atoms with van der Waals surface area (Å²) < 4.78 is 251. The molecule has 0 aliphatic carbocycles. The van der Waals surface area contributed by atoms with Crippen LogP contribution in [0.25, 0.3) is 0 Å². The first kappa shape index (κ1) is 31.9. The summed E-state index contributed by atoms with van der Waals surface area (Å²) in [5.41, 5.74) is -10.4. The molecule has 0 saturated carbocycles.